The molecule has 1 aliphatic rings. The summed E-state index contributed by atoms with van der Waals surface area (Å²) in [5, 5.41) is 4.16. The summed E-state index contributed by atoms with van der Waals surface area (Å²) in [4.78, 5) is 0. The van der Waals surface area contributed by atoms with E-state index in [1.54, 1.807) is 0 Å². The second-order valence-electron chi connectivity index (χ2n) is 5.69. The van der Waals surface area contributed by atoms with Crippen molar-refractivity contribution >= 4 is 11.6 Å². The van der Waals surface area contributed by atoms with Crippen molar-refractivity contribution in [3.63, 3.8) is 0 Å². The maximum Gasteiger partial charge on any atom is 0.137 e. The molecule has 0 bridgehead atoms. The van der Waals surface area contributed by atoms with Crippen molar-refractivity contribution in [2.75, 3.05) is 19.7 Å². The first-order valence-corrected chi connectivity index (χ1v) is 7.67. The Morgan fingerprint density at radius 2 is 2.26 bits per heavy atom. The fourth-order valence-electron chi connectivity index (χ4n) is 2.50. The molecule has 0 aliphatic carbocycles. The molecular formula is C16H24ClNO. The normalized spacial score (nSPS) is 19.7. The van der Waals surface area contributed by atoms with E-state index in [1.165, 1.54) is 24.9 Å². The standard InChI is InChI=1S/C16H24ClNO/c1-12(2)14-5-6-16(15(17)10-14)19-9-7-13-4-3-8-18-11-13/h5-6,10,12-13,18H,3-4,7-9,11H2,1-2H3/t13-/m1/s1. The molecule has 106 valence electrons. The Kier molecular flexibility index (Phi) is 5.53. The van der Waals surface area contributed by atoms with Gasteiger partial charge in [0, 0.05) is 0 Å². The van der Waals surface area contributed by atoms with E-state index < -0.39 is 0 Å². The van der Waals surface area contributed by atoms with Crippen LogP contribution in [0.3, 0.4) is 0 Å². The van der Waals surface area contributed by atoms with Crippen molar-refractivity contribution in [1.29, 1.82) is 0 Å². The van der Waals surface area contributed by atoms with Crippen LogP contribution in [0.2, 0.25) is 5.02 Å². The summed E-state index contributed by atoms with van der Waals surface area (Å²) >= 11 is 6.26. The molecule has 2 nitrogen and oxygen atoms in total. The molecule has 1 saturated heterocycles. The number of rotatable bonds is 5. The van der Waals surface area contributed by atoms with E-state index in [4.69, 9.17) is 16.3 Å². The first kappa shape index (κ1) is 14.7. The van der Waals surface area contributed by atoms with Gasteiger partial charge in [0.2, 0.25) is 0 Å². The molecule has 0 saturated carbocycles. The number of ether oxygens (including phenoxy) is 1. The first-order chi connectivity index (χ1) is 9.16. The molecule has 1 heterocycles. The molecule has 1 atom stereocenters. The molecule has 0 spiro atoms. The fraction of sp³-hybridized carbons (Fsp3) is 0.625. The molecule has 0 aromatic heterocycles. The summed E-state index contributed by atoms with van der Waals surface area (Å²) in [5.74, 6) is 2.07. The molecule has 1 N–H and O–H groups in total. The zero-order valence-corrected chi connectivity index (χ0v) is 12.7. The average Bonchev–Trinajstić information content (AvgIpc) is 2.41. The SMILES string of the molecule is CC(C)c1ccc(OCC[C@H]2CCCNC2)c(Cl)c1. The third kappa shape index (κ3) is 4.39. The first-order valence-electron chi connectivity index (χ1n) is 7.30. The molecule has 3 heteroatoms. The van der Waals surface area contributed by atoms with E-state index >= 15 is 0 Å². The molecule has 1 aromatic rings. The van der Waals surface area contributed by atoms with E-state index in [1.807, 2.05) is 12.1 Å². The molecule has 19 heavy (non-hydrogen) atoms. The van der Waals surface area contributed by atoms with E-state index in [-0.39, 0.29) is 0 Å². The van der Waals surface area contributed by atoms with Crippen molar-refractivity contribution in [1.82, 2.24) is 5.32 Å². The highest BCUT2D eigenvalue weighted by atomic mass is 35.5. The third-order valence-electron chi connectivity index (χ3n) is 3.81. The third-order valence-corrected chi connectivity index (χ3v) is 4.10. The maximum absolute atomic E-state index is 6.26. The van der Waals surface area contributed by atoms with Gasteiger partial charge < -0.3 is 10.1 Å². The van der Waals surface area contributed by atoms with Crippen LogP contribution in [0.1, 0.15) is 44.6 Å². The van der Waals surface area contributed by atoms with Gasteiger partial charge in [0.05, 0.1) is 11.6 Å². The molecule has 1 aromatic carbocycles. The molecule has 0 unspecified atom stereocenters. The lowest BCUT2D eigenvalue weighted by molar-refractivity contribution is 0.254. The Balaban J connectivity index is 1.82. The van der Waals surface area contributed by atoms with Gasteiger partial charge in [-0.1, -0.05) is 31.5 Å². The van der Waals surface area contributed by atoms with Crippen LogP contribution in [0.5, 0.6) is 5.75 Å². The van der Waals surface area contributed by atoms with Crippen LogP contribution in [0, 0.1) is 5.92 Å². The van der Waals surface area contributed by atoms with Crippen LogP contribution in [0.15, 0.2) is 18.2 Å². The number of halogens is 1. The van der Waals surface area contributed by atoms with Crippen molar-refractivity contribution in [2.24, 2.45) is 5.92 Å². The summed E-state index contributed by atoms with van der Waals surface area (Å²) in [5.41, 5.74) is 1.26. The van der Waals surface area contributed by atoms with Gasteiger partial charge in [0.15, 0.2) is 0 Å². The van der Waals surface area contributed by atoms with Crippen molar-refractivity contribution < 1.29 is 4.74 Å². The minimum atomic E-state index is 0.500. The van der Waals surface area contributed by atoms with Gasteiger partial charge in [0.1, 0.15) is 5.75 Å². The van der Waals surface area contributed by atoms with Crippen LogP contribution in [-0.4, -0.2) is 19.7 Å². The number of hydrogen-bond donors (Lipinski definition) is 1. The van der Waals surface area contributed by atoms with Gasteiger partial charge in [-0.15, -0.1) is 0 Å². The van der Waals surface area contributed by atoms with Crippen LogP contribution in [0.25, 0.3) is 0 Å². The Hall–Kier alpha value is -0.730. The second kappa shape index (κ2) is 7.16. The Morgan fingerprint density at radius 1 is 1.42 bits per heavy atom. The van der Waals surface area contributed by atoms with E-state index in [2.05, 4.69) is 25.2 Å². The largest absolute Gasteiger partial charge is 0.492 e. The van der Waals surface area contributed by atoms with Gasteiger partial charge in [-0.25, -0.2) is 0 Å². The zero-order chi connectivity index (χ0) is 13.7. The number of nitrogens with one attached hydrogen (secondary N) is 1. The van der Waals surface area contributed by atoms with Gasteiger partial charge in [-0.3, -0.25) is 0 Å². The lowest BCUT2D eigenvalue weighted by Crippen LogP contribution is -2.30. The van der Waals surface area contributed by atoms with E-state index in [0.29, 0.717) is 5.92 Å². The molecule has 1 fully saturated rings. The molecule has 2 rings (SSSR count). The maximum atomic E-state index is 6.26. The Morgan fingerprint density at radius 3 is 2.89 bits per heavy atom. The lowest BCUT2D eigenvalue weighted by Gasteiger charge is -2.22. The highest BCUT2D eigenvalue weighted by Gasteiger charge is 2.13. The van der Waals surface area contributed by atoms with Crippen molar-refractivity contribution in [3.8, 4) is 5.75 Å². The van der Waals surface area contributed by atoms with Gasteiger partial charge in [0.25, 0.3) is 0 Å². The van der Waals surface area contributed by atoms with Gasteiger partial charge in [-0.2, -0.15) is 0 Å². The van der Waals surface area contributed by atoms with Crippen molar-refractivity contribution in [3.05, 3.63) is 28.8 Å². The molecule has 0 radical (unpaired) electrons. The van der Waals surface area contributed by atoms with Crippen LogP contribution in [-0.2, 0) is 0 Å². The summed E-state index contributed by atoms with van der Waals surface area (Å²) < 4.78 is 5.81. The van der Waals surface area contributed by atoms with Crippen LogP contribution >= 0.6 is 11.6 Å². The van der Waals surface area contributed by atoms with Crippen LogP contribution < -0.4 is 10.1 Å². The summed E-state index contributed by atoms with van der Waals surface area (Å²) in [6.07, 6.45) is 3.71. The lowest BCUT2D eigenvalue weighted by atomic mass is 9.97. The molecule has 0 amide bonds. The number of benzene rings is 1. The van der Waals surface area contributed by atoms with E-state index in [9.17, 15) is 0 Å². The predicted octanol–water partition coefficient (Wildman–Crippen LogP) is 4.23. The average molecular weight is 282 g/mol. The highest BCUT2D eigenvalue weighted by Crippen LogP contribution is 2.28. The minimum absolute atomic E-state index is 0.500. The fourth-order valence-corrected chi connectivity index (χ4v) is 2.74. The highest BCUT2D eigenvalue weighted by molar-refractivity contribution is 6.32. The van der Waals surface area contributed by atoms with E-state index in [0.717, 1.165) is 36.3 Å². The second-order valence-corrected chi connectivity index (χ2v) is 6.10. The Bertz CT molecular complexity index is 400. The zero-order valence-electron chi connectivity index (χ0n) is 11.9. The van der Waals surface area contributed by atoms with Gasteiger partial charge in [-0.05, 0) is 61.9 Å². The van der Waals surface area contributed by atoms with Gasteiger partial charge >= 0.3 is 0 Å². The monoisotopic (exact) mass is 281 g/mol. The minimum Gasteiger partial charge on any atom is -0.492 e. The Labute approximate surface area is 121 Å². The quantitative estimate of drug-likeness (QED) is 0.872. The number of piperidine rings is 1. The molecule has 1 aliphatic heterocycles. The predicted molar refractivity (Wildman–Crippen MR) is 81.2 cm³/mol. The summed E-state index contributed by atoms with van der Waals surface area (Å²) in [6, 6.07) is 6.12. The summed E-state index contributed by atoms with van der Waals surface area (Å²) in [6.45, 7) is 7.39. The number of hydrogen-bond acceptors (Lipinski definition) is 2. The molecular weight excluding hydrogens is 258 g/mol. The smallest absolute Gasteiger partial charge is 0.137 e. The topological polar surface area (TPSA) is 21.3 Å². The van der Waals surface area contributed by atoms with Crippen LogP contribution in [0.4, 0.5) is 0 Å². The summed E-state index contributed by atoms with van der Waals surface area (Å²) in [7, 11) is 0. The van der Waals surface area contributed by atoms with Crippen molar-refractivity contribution in [2.45, 2.75) is 39.0 Å².